The van der Waals surface area contributed by atoms with Crippen LogP contribution in [0.25, 0.3) is 16.8 Å². The molecule has 7 nitrogen and oxygen atoms in total. The molecule has 1 fully saturated rings. The molecule has 0 saturated carbocycles. The lowest BCUT2D eigenvalue weighted by Gasteiger charge is -2.42. The van der Waals surface area contributed by atoms with Gasteiger partial charge in [0.15, 0.2) is 0 Å². The number of piperazine rings is 1. The molecule has 1 aliphatic rings. The first kappa shape index (κ1) is 34.2. The van der Waals surface area contributed by atoms with Crippen molar-refractivity contribution in [3.63, 3.8) is 0 Å². The van der Waals surface area contributed by atoms with Crippen molar-refractivity contribution < 1.29 is 14.4 Å². The minimum Gasteiger partial charge on any atom is -0.340 e. The lowest BCUT2D eigenvalue weighted by molar-refractivity contribution is -0.153. The van der Waals surface area contributed by atoms with Crippen molar-refractivity contribution in [2.24, 2.45) is 5.73 Å². The summed E-state index contributed by atoms with van der Waals surface area (Å²) in [7, 11) is 0. The van der Waals surface area contributed by atoms with Gasteiger partial charge >= 0.3 is 0 Å². The number of halogens is 2. The molecule has 0 aromatic heterocycles. The summed E-state index contributed by atoms with van der Waals surface area (Å²) < 4.78 is 0. The summed E-state index contributed by atoms with van der Waals surface area (Å²) in [6.07, 6.45) is 5.90. The highest BCUT2D eigenvalue weighted by atomic mass is 35.5. The Morgan fingerprint density at radius 3 is 2.45 bits per heavy atom. The zero-order valence-electron chi connectivity index (χ0n) is 26.3. The Bertz CT molecular complexity index is 1730. The van der Waals surface area contributed by atoms with Crippen LogP contribution in [0.3, 0.4) is 0 Å². The summed E-state index contributed by atoms with van der Waals surface area (Å²) in [6.45, 7) is 1.82. The molecule has 3 N–H and O–H groups in total. The molecule has 0 aliphatic carbocycles. The Morgan fingerprint density at radius 2 is 1.68 bits per heavy atom. The highest BCUT2D eigenvalue weighted by molar-refractivity contribution is 6.35. The van der Waals surface area contributed by atoms with Crippen molar-refractivity contribution in [2.75, 3.05) is 26.2 Å². The second-order valence-electron chi connectivity index (χ2n) is 11.8. The van der Waals surface area contributed by atoms with Gasteiger partial charge < -0.3 is 20.9 Å². The highest BCUT2D eigenvalue weighted by Crippen LogP contribution is 2.25. The van der Waals surface area contributed by atoms with Crippen LogP contribution < -0.4 is 11.1 Å². The number of benzene rings is 4. The van der Waals surface area contributed by atoms with Crippen LogP contribution in [0, 0.1) is 0 Å². The molecule has 1 saturated heterocycles. The van der Waals surface area contributed by atoms with Crippen LogP contribution in [-0.2, 0) is 27.2 Å². The van der Waals surface area contributed by atoms with E-state index in [0.29, 0.717) is 61.1 Å². The summed E-state index contributed by atoms with van der Waals surface area (Å²) in [4.78, 5) is 44.9. The molecule has 244 valence electrons. The van der Waals surface area contributed by atoms with Crippen LogP contribution in [0.1, 0.15) is 36.0 Å². The number of fused-ring (bicyclic) bond motifs is 1. The van der Waals surface area contributed by atoms with Gasteiger partial charge in [0.2, 0.25) is 17.7 Å². The second kappa shape index (κ2) is 16.6. The van der Waals surface area contributed by atoms with Crippen molar-refractivity contribution >= 4 is 57.8 Å². The molecular formula is C38H40Cl2N4O3. The zero-order chi connectivity index (χ0) is 33.2. The molecule has 0 radical (unpaired) electrons. The van der Waals surface area contributed by atoms with Crippen molar-refractivity contribution in [1.82, 2.24) is 15.1 Å². The predicted molar refractivity (Wildman–Crippen MR) is 190 cm³/mol. The topological polar surface area (TPSA) is 95.7 Å². The molecular weight excluding hydrogens is 631 g/mol. The third kappa shape index (κ3) is 9.22. The molecule has 4 aromatic rings. The number of carbonyl (C=O) groups is 3. The van der Waals surface area contributed by atoms with Gasteiger partial charge in [-0.15, -0.1) is 0 Å². The van der Waals surface area contributed by atoms with E-state index in [-0.39, 0.29) is 18.2 Å². The smallest absolute Gasteiger partial charge is 0.246 e. The Kier molecular flexibility index (Phi) is 12.1. The second-order valence-corrected chi connectivity index (χ2v) is 12.7. The maximum absolute atomic E-state index is 14.3. The van der Waals surface area contributed by atoms with Gasteiger partial charge in [0.25, 0.3) is 0 Å². The minimum absolute atomic E-state index is 0.0824. The van der Waals surface area contributed by atoms with Crippen molar-refractivity contribution in [2.45, 2.75) is 44.2 Å². The van der Waals surface area contributed by atoms with E-state index in [1.54, 1.807) is 29.2 Å². The number of nitrogens with one attached hydrogen (secondary N) is 1. The maximum atomic E-state index is 14.3. The number of nitrogens with two attached hydrogens (primary N) is 1. The molecule has 4 aromatic carbocycles. The van der Waals surface area contributed by atoms with Gasteiger partial charge in [-0.1, -0.05) is 102 Å². The Balaban J connectivity index is 1.34. The molecule has 2 atom stereocenters. The molecule has 9 heteroatoms. The van der Waals surface area contributed by atoms with E-state index in [4.69, 9.17) is 28.9 Å². The Morgan fingerprint density at radius 1 is 0.915 bits per heavy atom. The SMILES string of the molecule is NCCCC[C@H]1C(=O)N(CCc2ccc3ccccc3c2)CCN1C(=O)[C@@H](Cc1ccc(Cl)cc1Cl)NC(=O)C=Cc1ccccc1. The molecule has 5 rings (SSSR count). The van der Waals surface area contributed by atoms with Gasteiger partial charge in [-0.05, 0) is 77.9 Å². The number of hydrogen-bond donors (Lipinski definition) is 2. The molecule has 1 aliphatic heterocycles. The number of carbonyl (C=O) groups excluding carboxylic acids is 3. The van der Waals surface area contributed by atoms with Crippen LogP contribution >= 0.6 is 23.2 Å². The molecule has 3 amide bonds. The number of nitrogens with zero attached hydrogens (tertiary/aromatic N) is 2. The van der Waals surface area contributed by atoms with Gasteiger partial charge in [0, 0.05) is 42.2 Å². The van der Waals surface area contributed by atoms with E-state index in [2.05, 4.69) is 35.6 Å². The molecule has 1 heterocycles. The van der Waals surface area contributed by atoms with E-state index in [0.717, 1.165) is 17.5 Å². The number of hydrogen-bond acceptors (Lipinski definition) is 4. The van der Waals surface area contributed by atoms with Crippen LogP contribution in [0.5, 0.6) is 0 Å². The fourth-order valence-electron chi connectivity index (χ4n) is 6.01. The minimum atomic E-state index is -0.949. The first-order chi connectivity index (χ1) is 22.8. The van der Waals surface area contributed by atoms with Gasteiger partial charge in [0.05, 0.1) is 0 Å². The van der Waals surface area contributed by atoms with Gasteiger partial charge in [-0.3, -0.25) is 14.4 Å². The average molecular weight is 672 g/mol. The standard InChI is InChI=1S/C38H40Cl2N4O3/c39-32-17-16-31(33(40)26-32)25-34(42-36(45)18-14-27-8-2-1-3-9-27)37(46)44-23-22-43(38(47)35(44)12-6-7-20-41)21-19-28-13-15-29-10-4-5-11-30(29)24-28/h1-5,8-11,13-18,24,26,34-35H,6-7,12,19-23,25,41H2,(H,42,45)/t34-,35+/m1/s1. The maximum Gasteiger partial charge on any atom is 0.246 e. The summed E-state index contributed by atoms with van der Waals surface area (Å²) in [5.41, 5.74) is 8.46. The summed E-state index contributed by atoms with van der Waals surface area (Å²) in [5, 5.41) is 6.11. The van der Waals surface area contributed by atoms with Gasteiger partial charge in [-0.25, -0.2) is 0 Å². The monoisotopic (exact) mass is 670 g/mol. The quantitative estimate of drug-likeness (QED) is 0.129. The average Bonchev–Trinajstić information content (AvgIpc) is 3.08. The first-order valence-corrected chi connectivity index (χ1v) is 16.8. The van der Waals surface area contributed by atoms with Gasteiger partial charge in [0.1, 0.15) is 12.1 Å². The van der Waals surface area contributed by atoms with Crippen molar-refractivity contribution in [3.8, 4) is 0 Å². The Labute approximate surface area is 286 Å². The molecule has 0 unspecified atom stereocenters. The lowest BCUT2D eigenvalue weighted by Crippen LogP contribution is -2.62. The molecule has 0 bridgehead atoms. The molecule has 0 spiro atoms. The largest absolute Gasteiger partial charge is 0.340 e. The normalized spacial score (nSPS) is 15.7. The summed E-state index contributed by atoms with van der Waals surface area (Å²) in [6, 6.07) is 27.5. The third-order valence-corrected chi connectivity index (χ3v) is 9.15. The van der Waals surface area contributed by atoms with Crippen molar-refractivity contribution in [3.05, 3.63) is 124 Å². The van der Waals surface area contributed by atoms with Crippen LogP contribution in [-0.4, -0.2) is 65.8 Å². The Hall–Kier alpha value is -4.17. The summed E-state index contributed by atoms with van der Waals surface area (Å²) in [5.74, 6) is -0.823. The lowest BCUT2D eigenvalue weighted by atomic mass is 9.99. The van der Waals surface area contributed by atoms with E-state index in [9.17, 15) is 14.4 Å². The fourth-order valence-corrected chi connectivity index (χ4v) is 6.49. The van der Waals surface area contributed by atoms with Crippen LogP contribution in [0.2, 0.25) is 10.0 Å². The zero-order valence-corrected chi connectivity index (χ0v) is 27.8. The predicted octanol–water partition coefficient (Wildman–Crippen LogP) is 6.30. The van der Waals surface area contributed by atoms with Crippen molar-refractivity contribution in [1.29, 1.82) is 0 Å². The first-order valence-electron chi connectivity index (χ1n) is 16.1. The van der Waals surface area contributed by atoms with Crippen LogP contribution in [0.4, 0.5) is 0 Å². The van der Waals surface area contributed by atoms with E-state index >= 15 is 0 Å². The molecule has 47 heavy (non-hydrogen) atoms. The summed E-state index contributed by atoms with van der Waals surface area (Å²) >= 11 is 12.6. The van der Waals surface area contributed by atoms with E-state index in [1.165, 1.54) is 16.8 Å². The number of unbranched alkanes of at least 4 members (excludes halogenated alkanes) is 1. The number of rotatable bonds is 13. The highest BCUT2D eigenvalue weighted by Gasteiger charge is 2.39. The van der Waals surface area contributed by atoms with E-state index < -0.39 is 18.0 Å². The number of amides is 3. The fraction of sp³-hybridized carbons (Fsp3) is 0.289. The van der Waals surface area contributed by atoms with Gasteiger partial charge in [-0.2, -0.15) is 0 Å². The van der Waals surface area contributed by atoms with E-state index in [1.807, 2.05) is 47.4 Å². The third-order valence-electron chi connectivity index (χ3n) is 8.56. The van der Waals surface area contributed by atoms with Crippen LogP contribution in [0.15, 0.2) is 97.1 Å².